The molecule has 3 N–H and O–H groups in total. The highest BCUT2D eigenvalue weighted by molar-refractivity contribution is 5.97. The molecule has 0 saturated heterocycles. The van der Waals surface area contributed by atoms with Crippen LogP contribution in [0.3, 0.4) is 0 Å². The minimum atomic E-state index is -1.06. The maximum atomic E-state index is 12.3. The third kappa shape index (κ3) is 4.38. The van der Waals surface area contributed by atoms with Gasteiger partial charge in [0.05, 0.1) is 12.1 Å². The molecule has 20 heavy (non-hydrogen) atoms. The molecule has 108 valence electrons. The highest BCUT2D eigenvalue weighted by atomic mass is 16.4. The highest BCUT2D eigenvalue weighted by Gasteiger charge is 2.19. The number of nitrogens with zero attached hydrogens (tertiary/aromatic N) is 1. The Kier molecular flexibility index (Phi) is 5.25. The van der Waals surface area contributed by atoms with Crippen LogP contribution >= 0.6 is 0 Å². The van der Waals surface area contributed by atoms with Crippen LogP contribution in [0.25, 0.3) is 0 Å². The summed E-state index contributed by atoms with van der Waals surface area (Å²) in [6.07, 6.45) is 0. The van der Waals surface area contributed by atoms with Gasteiger partial charge < -0.3 is 15.7 Å². The van der Waals surface area contributed by atoms with Crippen molar-refractivity contribution in [2.75, 3.05) is 13.1 Å². The fraction of sp³-hybridized carbons (Fsp3) is 0.357. The Hall–Kier alpha value is -2.37. The van der Waals surface area contributed by atoms with Crippen LogP contribution < -0.4 is 5.73 Å². The summed E-state index contributed by atoms with van der Waals surface area (Å²) in [5.74, 6) is -1.78. The molecule has 0 unspecified atom stereocenters. The van der Waals surface area contributed by atoms with Crippen molar-refractivity contribution < 1.29 is 19.5 Å². The van der Waals surface area contributed by atoms with Gasteiger partial charge in [0, 0.05) is 12.1 Å². The first-order valence-electron chi connectivity index (χ1n) is 6.22. The number of benzene rings is 1. The minimum Gasteiger partial charge on any atom is -0.478 e. The molecule has 0 heterocycles. The monoisotopic (exact) mass is 278 g/mol. The van der Waals surface area contributed by atoms with Crippen LogP contribution in [-0.2, 0) is 4.79 Å². The van der Waals surface area contributed by atoms with E-state index in [9.17, 15) is 14.4 Å². The maximum Gasteiger partial charge on any atom is 0.335 e. The Balaban J connectivity index is 2.93. The second kappa shape index (κ2) is 6.70. The lowest BCUT2D eigenvalue weighted by molar-refractivity contribution is -0.118. The van der Waals surface area contributed by atoms with E-state index in [-0.39, 0.29) is 23.9 Å². The van der Waals surface area contributed by atoms with E-state index in [2.05, 4.69) is 0 Å². The Morgan fingerprint density at radius 3 is 2.05 bits per heavy atom. The fourth-order valence-corrected chi connectivity index (χ4v) is 1.79. The van der Waals surface area contributed by atoms with E-state index < -0.39 is 11.9 Å². The molecule has 6 heteroatoms. The lowest BCUT2D eigenvalue weighted by atomic mass is 10.1. The summed E-state index contributed by atoms with van der Waals surface area (Å²) in [5, 5.41) is 8.80. The van der Waals surface area contributed by atoms with Gasteiger partial charge in [-0.15, -0.1) is 0 Å². The number of carbonyl (C=O) groups is 3. The van der Waals surface area contributed by atoms with Crippen molar-refractivity contribution in [2.24, 2.45) is 11.7 Å². The molecule has 0 aliphatic rings. The van der Waals surface area contributed by atoms with Crippen LogP contribution in [0.2, 0.25) is 0 Å². The zero-order valence-corrected chi connectivity index (χ0v) is 11.5. The summed E-state index contributed by atoms with van der Waals surface area (Å²) < 4.78 is 0. The fourth-order valence-electron chi connectivity index (χ4n) is 1.79. The van der Waals surface area contributed by atoms with Gasteiger partial charge in [0.2, 0.25) is 5.91 Å². The zero-order chi connectivity index (χ0) is 15.3. The molecule has 0 fully saturated rings. The molecular weight excluding hydrogens is 260 g/mol. The van der Waals surface area contributed by atoms with Crippen molar-refractivity contribution in [2.45, 2.75) is 13.8 Å². The van der Waals surface area contributed by atoms with Crippen molar-refractivity contribution in [1.29, 1.82) is 0 Å². The average molecular weight is 278 g/mol. The lowest BCUT2D eigenvalue weighted by Crippen LogP contribution is -2.40. The summed E-state index contributed by atoms with van der Waals surface area (Å²) in [5.41, 5.74) is 5.57. The SMILES string of the molecule is CC(C)CN(CC(N)=O)C(=O)c1ccc(C(=O)O)cc1. The van der Waals surface area contributed by atoms with E-state index in [0.29, 0.717) is 12.1 Å². The van der Waals surface area contributed by atoms with Crippen molar-refractivity contribution >= 4 is 17.8 Å². The predicted octanol–water partition coefficient (Wildman–Crippen LogP) is 0.968. The lowest BCUT2D eigenvalue weighted by Gasteiger charge is -2.23. The van der Waals surface area contributed by atoms with Gasteiger partial charge in [0.1, 0.15) is 0 Å². The van der Waals surface area contributed by atoms with Crippen LogP contribution in [0.1, 0.15) is 34.6 Å². The quantitative estimate of drug-likeness (QED) is 0.809. The minimum absolute atomic E-state index is 0.104. The van der Waals surface area contributed by atoms with Gasteiger partial charge in [-0.1, -0.05) is 13.8 Å². The molecule has 1 aromatic carbocycles. The Bertz CT molecular complexity index is 508. The first-order valence-corrected chi connectivity index (χ1v) is 6.22. The largest absolute Gasteiger partial charge is 0.478 e. The van der Waals surface area contributed by atoms with Crippen molar-refractivity contribution in [1.82, 2.24) is 4.90 Å². The van der Waals surface area contributed by atoms with E-state index in [1.807, 2.05) is 13.8 Å². The van der Waals surface area contributed by atoms with Crippen LogP contribution in [0.5, 0.6) is 0 Å². The number of hydrogen-bond donors (Lipinski definition) is 2. The van der Waals surface area contributed by atoms with Gasteiger partial charge in [-0.2, -0.15) is 0 Å². The van der Waals surface area contributed by atoms with E-state index in [1.54, 1.807) is 0 Å². The first-order chi connectivity index (χ1) is 9.31. The topological polar surface area (TPSA) is 101 Å². The highest BCUT2D eigenvalue weighted by Crippen LogP contribution is 2.09. The number of nitrogens with two attached hydrogens (primary N) is 1. The van der Waals surface area contributed by atoms with Gasteiger partial charge in [-0.05, 0) is 30.2 Å². The number of carboxylic acid groups (broad SMARTS) is 1. The molecule has 0 radical (unpaired) electrons. The smallest absolute Gasteiger partial charge is 0.335 e. The molecule has 0 spiro atoms. The van der Waals surface area contributed by atoms with E-state index in [1.165, 1.54) is 29.2 Å². The molecule has 2 amide bonds. The van der Waals surface area contributed by atoms with Gasteiger partial charge in [0.25, 0.3) is 5.91 Å². The summed E-state index contributed by atoms with van der Waals surface area (Å²) in [6.45, 7) is 4.10. The number of amides is 2. The zero-order valence-electron chi connectivity index (χ0n) is 11.5. The standard InChI is InChI=1S/C14H18N2O4/c1-9(2)7-16(8-12(15)17)13(18)10-3-5-11(6-4-10)14(19)20/h3-6,9H,7-8H2,1-2H3,(H2,15,17)(H,19,20). The molecule has 0 aliphatic carbocycles. The van der Waals surface area contributed by atoms with E-state index in [4.69, 9.17) is 10.8 Å². The second-order valence-corrected chi connectivity index (χ2v) is 4.93. The molecule has 0 atom stereocenters. The Morgan fingerprint density at radius 1 is 1.15 bits per heavy atom. The van der Waals surface area contributed by atoms with E-state index in [0.717, 1.165) is 0 Å². The van der Waals surface area contributed by atoms with Gasteiger partial charge in [0.15, 0.2) is 0 Å². The van der Waals surface area contributed by atoms with Gasteiger partial charge in [-0.25, -0.2) is 4.79 Å². The third-order valence-corrected chi connectivity index (χ3v) is 2.60. The summed E-state index contributed by atoms with van der Waals surface area (Å²) in [4.78, 5) is 35.4. The van der Waals surface area contributed by atoms with Crippen molar-refractivity contribution in [3.63, 3.8) is 0 Å². The second-order valence-electron chi connectivity index (χ2n) is 4.93. The van der Waals surface area contributed by atoms with E-state index >= 15 is 0 Å². The third-order valence-electron chi connectivity index (χ3n) is 2.60. The summed E-state index contributed by atoms with van der Waals surface area (Å²) in [7, 11) is 0. The van der Waals surface area contributed by atoms with Gasteiger partial charge in [-0.3, -0.25) is 9.59 Å². The molecule has 6 nitrogen and oxygen atoms in total. The Labute approximate surface area is 117 Å². The molecule has 0 saturated carbocycles. The van der Waals surface area contributed by atoms with Crippen LogP contribution in [0.15, 0.2) is 24.3 Å². The molecule has 1 aromatic rings. The number of hydrogen-bond acceptors (Lipinski definition) is 3. The number of carbonyl (C=O) groups excluding carboxylic acids is 2. The number of aromatic carboxylic acids is 1. The van der Waals surface area contributed by atoms with Crippen LogP contribution in [0.4, 0.5) is 0 Å². The number of carboxylic acids is 1. The molecular formula is C14H18N2O4. The van der Waals surface area contributed by atoms with Gasteiger partial charge >= 0.3 is 5.97 Å². The van der Waals surface area contributed by atoms with Crippen molar-refractivity contribution in [3.8, 4) is 0 Å². The Morgan fingerprint density at radius 2 is 1.65 bits per heavy atom. The molecule has 1 rings (SSSR count). The summed E-state index contributed by atoms with van der Waals surface area (Å²) in [6, 6.07) is 5.57. The first kappa shape index (κ1) is 15.7. The normalized spacial score (nSPS) is 10.3. The average Bonchev–Trinajstić information content (AvgIpc) is 2.36. The van der Waals surface area contributed by atoms with Crippen LogP contribution in [-0.4, -0.2) is 40.9 Å². The number of rotatable bonds is 6. The molecule has 0 aliphatic heterocycles. The van der Waals surface area contributed by atoms with Crippen molar-refractivity contribution in [3.05, 3.63) is 35.4 Å². The van der Waals surface area contributed by atoms with Crippen LogP contribution in [0, 0.1) is 5.92 Å². The predicted molar refractivity (Wildman–Crippen MR) is 73.3 cm³/mol. The molecule has 0 aromatic heterocycles. The summed E-state index contributed by atoms with van der Waals surface area (Å²) >= 11 is 0. The number of primary amides is 1. The molecule has 0 bridgehead atoms. The maximum absolute atomic E-state index is 12.3.